The summed E-state index contributed by atoms with van der Waals surface area (Å²) < 4.78 is 7.42. The summed E-state index contributed by atoms with van der Waals surface area (Å²) in [5, 5.41) is 15.7. The molecule has 1 aromatic carbocycles. The van der Waals surface area contributed by atoms with Gasteiger partial charge in [0.25, 0.3) is 0 Å². The lowest BCUT2D eigenvalue weighted by Crippen LogP contribution is -2.09. The first kappa shape index (κ1) is 14.3. The molecule has 0 atom stereocenters. The Hall–Kier alpha value is -2.63. The van der Waals surface area contributed by atoms with Crippen molar-refractivity contribution in [3.05, 3.63) is 47.8 Å². The maximum Gasteiger partial charge on any atom is 0.178 e. The van der Waals surface area contributed by atoms with Crippen LogP contribution >= 0.6 is 0 Å². The minimum Gasteiger partial charge on any atom is -0.494 e. The van der Waals surface area contributed by atoms with Crippen LogP contribution in [-0.4, -0.2) is 33.0 Å². The van der Waals surface area contributed by atoms with E-state index in [1.165, 1.54) is 5.56 Å². The molecule has 3 rings (SSSR count). The zero-order chi connectivity index (χ0) is 15.4. The highest BCUT2D eigenvalue weighted by atomic mass is 16.5. The molecule has 2 heterocycles. The van der Waals surface area contributed by atoms with Crippen LogP contribution in [0.4, 0.5) is 5.82 Å². The molecule has 0 aliphatic heterocycles. The van der Waals surface area contributed by atoms with Gasteiger partial charge in [-0.05, 0) is 44.5 Å². The number of aromatic nitrogens is 4. The molecule has 6 nitrogen and oxygen atoms in total. The molecular weight excluding hydrogens is 278 g/mol. The monoisotopic (exact) mass is 297 g/mol. The van der Waals surface area contributed by atoms with E-state index in [0.29, 0.717) is 6.61 Å². The predicted octanol–water partition coefficient (Wildman–Crippen LogP) is 2.62. The third kappa shape index (κ3) is 3.33. The van der Waals surface area contributed by atoms with Gasteiger partial charge < -0.3 is 10.1 Å². The normalized spacial score (nSPS) is 10.8. The van der Waals surface area contributed by atoms with Crippen molar-refractivity contribution in [1.29, 1.82) is 0 Å². The number of benzene rings is 1. The smallest absolute Gasteiger partial charge is 0.178 e. The first-order valence-electron chi connectivity index (χ1n) is 7.35. The first-order chi connectivity index (χ1) is 10.7. The number of hydrogen-bond donors (Lipinski definition) is 1. The molecule has 3 aromatic rings. The summed E-state index contributed by atoms with van der Waals surface area (Å²) in [6.45, 7) is 5.41. The van der Waals surface area contributed by atoms with Gasteiger partial charge in [0.05, 0.1) is 6.61 Å². The Bertz CT molecular complexity index is 751. The highest BCUT2D eigenvalue weighted by molar-refractivity contribution is 5.43. The maximum absolute atomic E-state index is 5.69. The van der Waals surface area contributed by atoms with Crippen molar-refractivity contribution >= 4 is 11.5 Å². The molecule has 0 bridgehead atoms. The predicted molar refractivity (Wildman–Crippen MR) is 85.3 cm³/mol. The van der Waals surface area contributed by atoms with E-state index in [0.717, 1.165) is 36.0 Å². The highest BCUT2D eigenvalue weighted by Gasteiger charge is 2.02. The maximum atomic E-state index is 5.69. The number of ether oxygens (including phenoxy) is 1. The third-order valence-corrected chi connectivity index (χ3v) is 3.34. The van der Waals surface area contributed by atoms with E-state index in [1.807, 2.05) is 43.3 Å². The fourth-order valence-electron chi connectivity index (χ4n) is 2.10. The Balaban J connectivity index is 1.46. The van der Waals surface area contributed by atoms with Crippen LogP contribution in [0.25, 0.3) is 5.65 Å². The van der Waals surface area contributed by atoms with Gasteiger partial charge >= 0.3 is 0 Å². The number of aryl methyl sites for hydroxylation is 2. The van der Waals surface area contributed by atoms with E-state index in [1.54, 1.807) is 4.52 Å². The summed E-state index contributed by atoms with van der Waals surface area (Å²) in [6.07, 6.45) is 0.898. The fraction of sp³-hybridized carbons (Fsp3) is 0.312. The number of hydrogen-bond acceptors (Lipinski definition) is 5. The number of fused-ring (bicyclic) bond motifs is 1. The summed E-state index contributed by atoms with van der Waals surface area (Å²) in [5.74, 6) is 2.50. The molecule has 0 unspecified atom stereocenters. The summed E-state index contributed by atoms with van der Waals surface area (Å²) in [4.78, 5) is 0. The van der Waals surface area contributed by atoms with E-state index >= 15 is 0 Å². The summed E-state index contributed by atoms with van der Waals surface area (Å²) in [5.41, 5.74) is 1.99. The Kier molecular flexibility index (Phi) is 4.18. The Morgan fingerprint density at radius 3 is 2.68 bits per heavy atom. The molecule has 114 valence electrons. The SMILES string of the molecule is Cc1ccc(OCCCNc2ccc3nnc(C)n3n2)cc1. The first-order valence-corrected chi connectivity index (χ1v) is 7.35. The fourth-order valence-corrected chi connectivity index (χ4v) is 2.10. The van der Waals surface area contributed by atoms with Crippen molar-refractivity contribution in [2.45, 2.75) is 20.3 Å². The molecule has 2 aromatic heterocycles. The Morgan fingerprint density at radius 1 is 1.05 bits per heavy atom. The molecule has 0 saturated carbocycles. The van der Waals surface area contributed by atoms with E-state index in [9.17, 15) is 0 Å². The Morgan fingerprint density at radius 2 is 1.86 bits per heavy atom. The van der Waals surface area contributed by atoms with E-state index in [-0.39, 0.29) is 0 Å². The van der Waals surface area contributed by atoms with E-state index in [4.69, 9.17) is 4.74 Å². The van der Waals surface area contributed by atoms with Crippen LogP contribution in [0.3, 0.4) is 0 Å². The van der Waals surface area contributed by atoms with Crippen molar-refractivity contribution in [2.24, 2.45) is 0 Å². The highest BCUT2D eigenvalue weighted by Crippen LogP contribution is 2.11. The molecule has 0 amide bonds. The van der Waals surface area contributed by atoms with Crippen molar-refractivity contribution in [3.8, 4) is 5.75 Å². The zero-order valence-corrected chi connectivity index (χ0v) is 12.8. The van der Waals surface area contributed by atoms with Crippen molar-refractivity contribution in [2.75, 3.05) is 18.5 Å². The molecular formula is C16H19N5O. The largest absolute Gasteiger partial charge is 0.494 e. The van der Waals surface area contributed by atoms with Gasteiger partial charge in [-0.3, -0.25) is 0 Å². The molecule has 1 N–H and O–H groups in total. The van der Waals surface area contributed by atoms with E-state index < -0.39 is 0 Å². The van der Waals surface area contributed by atoms with Gasteiger partial charge in [-0.1, -0.05) is 17.7 Å². The third-order valence-electron chi connectivity index (χ3n) is 3.34. The van der Waals surface area contributed by atoms with Gasteiger partial charge in [0, 0.05) is 6.54 Å². The van der Waals surface area contributed by atoms with Crippen LogP contribution in [0.15, 0.2) is 36.4 Å². The van der Waals surface area contributed by atoms with Gasteiger partial charge in [0.1, 0.15) is 11.6 Å². The van der Waals surface area contributed by atoms with Gasteiger partial charge in [0.2, 0.25) is 0 Å². The van der Waals surface area contributed by atoms with Crippen molar-refractivity contribution in [3.63, 3.8) is 0 Å². The average molecular weight is 297 g/mol. The van der Waals surface area contributed by atoms with Crippen LogP contribution in [0.1, 0.15) is 17.8 Å². The number of nitrogens with one attached hydrogen (secondary N) is 1. The van der Waals surface area contributed by atoms with Crippen molar-refractivity contribution < 1.29 is 4.74 Å². The minimum atomic E-state index is 0.671. The second-order valence-corrected chi connectivity index (χ2v) is 5.18. The van der Waals surface area contributed by atoms with Gasteiger partial charge in [-0.15, -0.1) is 15.3 Å². The van der Waals surface area contributed by atoms with Gasteiger partial charge in [-0.2, -0.15) is 4.52 Å². The lowest BCUT2D eigenvalue weighted by atomic mass is 10.2. The standard InChI is InChI=1S/C16H19N5O/c1-12-4-6-14(7-5-12)22-11-3-10-17-15-8-9-16-19-18-13(2)21(16)20-15/h4-9H,3,10-11H2,1-2H3,(H,17,20). The van der Waals surface area contributed by atoms with Crippen LogP contribution in [-0.2, 0) is 0 Å². The van der Waals surface area contributed by atoms with Gasteiger partial charge in [-0.25, -0.2) is 0 Å². The average Bonchev–Trinajstić information content (AvgIpc) is 2.90. The molecule has 0 aliphatic carbocycles. The van der Waals surface area contributed by atoms with Crippen LogP contribution in [0.5, 0.6) is 5.75 Å². The minimum absolute atomic E-state index is 0.671. The lowest BCUT2D eigenvalue weighted by molar-refractivity contribution is 0.315. The number of nitrogens with zero attached hydrogens (tertiary/aromatic N) is 4. The molecule has 0 saturated heterocycles. The summed E-state index contributed by atoms with van der Waals surface area (Å²) >= 11 is 0. The summed E-state index contributed by atoms with van der Waals surface area (Å²) in [6, 6.07) is 11.9. The second kappa shape index (κ2) is 6.43. The lowest BCUT2D eigenvalue weighted by Gasteiger charge is -2.08. The molecule has 0 aliphatic rings. The zero-order valence-electron chi connectivity index (χ0n) is 12.8. The number of rotatable bonds is 6. The van der Waals surface area contributed by atoms with Crippen LogP contribution in [0.2, 0.25) is 0 Å². The quantitative estimate of drug-likeness (QED) is 0.709. The number of anilines is 1. The topological polar surface area (TPSA) is 64.3 Å². The molecule has 0 spiro atoms. The van der Waals surface area contributed by atoms with Crippen LogP contribution < -0.4 is 10.1 Å². The van der Waals surface area contributed by atoms with Crippen LogP contribution in [0, 0.1) is 13.8 Å². The molecule has 6 heteroatoms. The van der Waals surface area contributed by atoms with Crippen molar-refractivity contribution in [1.82, 2.24) is 19.8 Å². The molecule has 0 radical (unpaired) electrons. The molecule has 0 fully saturated rings. The summed E-state index contributed by atoms with van der Waals surface area (Å²) in [7, 11) is 0. The van der Waals surface area contributed by atoms with E-state index in [2.05, 4.69) is 27.5 Å². The molecule has 22 heavy (non-hydrogen) atoms. The Labute approximate surface area is 129 Å². The second-order valence-electron chi connectivity index (χ2n) is 5.18. The van der Waals surface area contributed by atoms with Gasteiger partial charge in [0.15, 0.2) is 11.5 Å².